The van der Waals surface area contributed by atoms with Crippen LogP contribution in [-0.4, -0.2) is 6.54 Å². The summed E-state index contributed by atoms with van der Waals surface area (Å²) in [4.78, 5) is 0. The van der Waals surface area contributed by atoms with Crippen LogP contribution in [0.25, 0.3) is 0 Å². The van der Waals surface area contributed by atoms with E-state index in [0.717, 1.165) is 28.6 Å². The normalized spacial score (nSPS) is 17.0. The molecule has 0 saturated carbocycles. The number of likely N-dealkylation sites (N-methyl/N-ethyl adjacent to an activating group) is 1. The summed E-state index contributed by atoms with van der Waals surface area (Å²) in [7, 11) is 0. The first kappa shape index (κ1) is 12.9. The molecule has 0 heterocycles. The lowest BCUT2D eigenvalue weighted by Crippen LogP contribution is -2.23. The largest absolute Gasteiger partial charge is 0.307 e. The molecule has 3 heteroatoms. The molecule has 0 aliphatic heterocycles. The van der Waals surface area contributed by atoms with Gasteiger partial charge in [0, 0.05) is 15.6 Å². The molecule has 1 unspecified atom stereocenters. The standard InChI is InChI=1S/C14H17Cl2N/c1-2-17-14(10-6-3-4-7-10)13-11(15)8-5-9-12(13)16/h5-6,8-9,14,17H,2-4,7H2,1H3. The molecular formula is C14H17Cl2N. The van der Waals surface area contributed by atoms with Gasteiger partial charge in [-0.05, 0) is 37.9 Å². The number of halogens is 2. The van der Waals surface area contributed by atoms with Gasteiger partial charge >= 0.3 is 0 Å². The Kier molecular flexibility index (Phi) is 4.49. The molecule has 0 aromatic heterocycles. The quantitative estimate of drug-likeness (QED) is 0.778. The van der Waals surface area contributed by atoms with Crippen molar-refractivity contribution in [2.75, 3.05) is 6.54 Å². The van der Waals surface area contributed by atoms with Crippen molar-refractivity contribution in [3.63, 3.8) is 0 Å². The average Bonchev–Trinajstić information content (AvgIpc) is 2.80. The van der Waals surface area contributed by atoms with Crippen molar-refractivity contribution in [1.29, 1.82) is 0 Å². The molecule has 0 amide bonds. The van der Waals surface area contributed by atoms with Crippen molar-refractivity contribution >= 4 is 23.2 Å². The maximum atomic E-state index is 6.29. The van der Waals surface area contributed by atoms with Gasteiger partial charge in [-0.25, -0.2) is 0 Å². The Morgan fingerprint density at radius 3 is 2.53 bits per heavy atom. The van der Waals surface area contributed by atoms with Crippen LogP contribution in [0, 0.1) is 0 Å². The molecule has 0 spiro atoms. The highest BCUT2D eigenvalue weighted by molar-refractivity contribution is 6.36. The van der Waals surface area contributed by atoms with E-state index in [4.69, 9.17) is 23.2 Å². The molecule has 1 aromatic rings. The summed E-state index contributed by atoms with van der Waals surface area (Å²) >= 11 is 12.6. The Labute approximate surface area is 113 Å². The number of hydrogen-bond donors (Lipinski definition) is 1. The molecule has 0 saturated heterocycles. The molecule has 1 N–H and O–H groups in total. The van der Waals surface area contributed by atoms with E-state index in [1.165, 1.54) is 18.4 Å². The van der Waals surface area contributed by atoms with Crippen LogP contribution in [0.1, 0.15) is 37.8 Å². The minimum atomic E-state index is 0.170. The molecule has 2 rings (SSSR count). The van der Waals surface area contributed by atoms with Crippen LogP contribution in [0.2, 0.25) is 10.0 Å². The van der Waals surface area contributed by atoms with Crippen molar-refractivity contribution in [3.05, 3.63) is 45.5 Å². The fraction of sp³-hybridized carbons (Fsp3) is 0.429. The fourth-order valence-electron chi connectivity index (χ4n) is 2.37. The van der Waals surface area contributed by atoms with Gasteiger partial charge in [-0.2, -0.15) is 0 Å². The average molecular weight is 270 g/mol. The van der Waals surface area contributed by atoms with Crippen LogP contribution in [0.3, 0.4) is 0 Å². The van der Waals surface area contributed by atoms with Crippen molar-refractivity contribution in [3.8, 4) is 0 Å². The van der Waals surface area contributed by atoms with Gasteiger partial charge in [-0.1, -0.05) is 47.8 Å². The molecule has 1 aliphatic carbocycles. The molecule has 92 valence electrons. The van der Waals surface area contributed by atoms with Crippen LogP contribution in [-0.2, 0) is 0 Å². The van der Waals surface area contributed by atoms with Gasteiger partial charge < -0.3 is 5.32 Å². The molecule has 0 radical (unpaired) electrons. The lowest BCUT2D eigenvalue weighted by atomic mass is 9.98. The van der Waals surface area contributed by atoms with Crippen LogP contribution >= 0.6 is 23.2 Å². The van der Waals surface area contributed by atoms with Crippen LogP contribution in [0.4, 0.5) is 0 Å². The molecular weight excluding hydrogens is 253 g/mol. The summed E-state index contributed by atoms with van der Waals surface area (Å²) in [6.45, 7) is 3.01. The van der Waals surface area contributed by atoms with Crippen LogP contribution in [0.15, 0.2) is 29.8 Å². The number of rotatable bonds is 4. The summed E-state index contributed by atoms with van der Waals surface area (Å²) in [5.41, 5.74) is 2.44. The van der Waals surface area contributed by atoms with E-state index in [-0.39, 0.29) is 6.04 Å². The zero-order chi connectivity index (χ0) is 12.3. The van der Waals surface area contributed by atoms with E-state index >= 15 is 0 Å². The summed E-state index contributed by atoms with van der Waals surface area (Å²) in [5, 5.41) is 4.98. The Bertz CT molecular complexity index is 406. The predicted octanol–water partition coefficient (Wildman–Crippen LogP) is 4.75. The van der Waals surface area contributed by atoms with Gasteiger partial charge in [-0.3, -0.25) is 0 Å². The maximum Gasteiger partial charge on any atom is 0.0565 e. The monoisotopic (exact) mass is 269 g/mol. The molecule has 1 atom stereocenters. The molecule has 1 nitrogen and oxygen atoms in total. The SMILES string of the molecule is CCNC(C1=CCCC1)c1c(Cl)cccc1Cl. The van der Waals surface area contributed by atoms with E-state index in [1.54, 1.807) is 0 Å². The van der Waals surface area contributed by atoms with Crippen molar-refractivity contribution < 1.29 is 0 Å². The second kappa shape index (κ2) is 5.90. The fourth-order valence-corrected chi connectivity index (χ4v) is 2.98. The maximum absolute atomic E-state index is 6.29. The number of benzene rings is 1. The first-order valence-corrected chi connectivity index (χ1v) is 6.86. The summed E-state index contributed by atoms with van der Waals surface area (Å²) in [6.07, 6.45) is 5.85. The highest BCUT2D eigenvalue weighted by Gasteiger charge is 2.22. The van der Waals surface area contributed by atoms with Gasteiger partial charge in [0.15, 0.2) is 0 Å². The number of nitrogens with one attached hydrogen (secondary N) is 1. The predicted molar refractivity (Wildman–Crippen MR) is 74.8 cm³/mol. The molecule has 1 aromatic carbocycles. The van der Waals surface area contributed by atoms with Gasteiger partial charge in [0.05, 0.1) is 6.04 Å². The van der Waals surface area contributed by atoms with E-state index in [1.807, 2.05) is 18.2 Å². The highest BCUT2D eigenvalue weighted by Crippen LogP contribution is 2.37. The Morgan fingerprint density at radius 1 is 1.29 bits per heavy atom. The van der Waals surface area contributed by atoms with Crippen molar-refractivity contribution in [1.82, 2.24) is 5.32 Å². The van der Waals surface area contributed by atoms with Crippen molar-refractivity contribution in [2.45, 2.75) is 32.2 Å². The number of hydrogen-bond acceptors (Lipinski definition) is 1. The van der Waals surface area contributed by atoms with E-state index in [0.29, 0.717) is 0 Å². The lowest BCUT2D eigenvalue weighted by Gasteiger charge is -2.22. The molecule has 1 aliphatic rings. The van der Waals surface area contributed by atoms with Gasteiger partial charge in [0.25, 0.3) is 0 Å². The van der Waals surface area contributed by atoms with Gasteiger partial charge in [0.2, 0.25) is 0 Å². The Morgan fingerprint density at radius 2 is 2.00 bits per heavy atom. The topological polar surface area (TPSA) is 12.0 Å². The highest BCUT2D eigenvalue weighted by atomic mass is 35.5. The number of allylic oxidation sites excluding steroid dienone is 1. The Hall–Kier alpha value is -0.500. The third kappa shape index (κ3) is 2.85. The van der Waals surface area contributed by atoms with Gasteiger partial charge in [0.1, 0.15) is 0 Å². The van der Waals surface area contributed by atoms with Crippen molar-refractivity contribution in [2.24, 2.45) is 0 Å². The summed E-state index contributed by atoms with van der Waals surface area (Å²) < 4.78 is 0. The first-order valence-electron chi connectivity index (χ1n) is 6.10. The van der Waals surface area contributed by atoms with E-state index in [2.05, 4.69) is 18.3 Å². The third-order valence-electron chi connectivity index (χ3n) is 3.14. The zero-order valence-electron chi connectivity index (χ0n) is 9.97. The lowest BCUT2D eigenvalue weighted by molar-refractivity contribution is 0.606. The van der Waals surface area contributed by atoms with Crippen LogP contribution < -0.4 is 5.32 Å². The zero-order valence-corrected chi connectivity index (χ0v) is 11.5. The van der Waals surface area contributed by atoms with Gasteiger partial charge in [-0.15, -0.1) is 0 Å². The summed E-state index contributed by atoms with van der Waals surface area (Å²) in [6, 6.07) is 5.87. The van der Waals surface area contributed by atoms with E-state index < -0.39 is 0 Å². The van der Waals surface area contributed by atoms with E-state index in [9.17, 15) is 0 Å². The molecule has 0 bridgehead atoms. The molecule has 17 heavy (non-hydrogen) atoms. The third-order valence-corrected chi connectivity index (χ3v) is 3.80. The molecule has 0 fully saturated rings. The van der Waals surface area contributed by atoms with Crippen LogP contribution in [0.5, 0.6) is 0 Å². The second-order valence-electron chi connectivity index (χ2n) is 4.30. The minimum absolute atomic E-state index is 0.170. The first-order chi connectivity index (χ1) is 8.24. The summed E-state index contributed by atoms with van der Waals surface area (Å²) in [5.74, 6) is 0. The second-order valence-corrected chi connectivity index (χ2v) is 5.11. The Balaban J connectivity index is 2.38. The smallest absolute Gasteiger partial charge is 0.0565 e. The minimum Gasteiger partial charge on any atom is -0.307 e.